The highest BCUT2D eigenvalue weighted by molar-refractivity contribution is 5.28. The molecule has 1 aromatic heterocycles. The van der Waals surface area contributed by atoms with Gasteiger partial charge in [0.15, 0.2) is 0 Å². The second-order valence-electron chi connectivity index (χ2n) is 6.92. The first-order valence-corrected chi connectivity index (χ1v) is 7.90. The zero-order chi connectivity index (χ0) is 17.0. The number of aliphatic hydroxyl groups excluding tert-OH is 1. The molecule has 2 unspecified atom stereocenters. The van der Waals surface area contributed by atoms with Crippen molar-refractivity contribution in [3.05, 3.63) is 65.2 Å². The number of benzene rings is 1. The number of pyridine rings is 1. The molecule has 0 amide bonds. The summed E-state index contributed by atoms with van der Waals surface area (Å²) in [5.74, 6) is -0.347. The van der Waals surface area contributed by atoms with Gasteiger partial charge in [0.05, 0.1) is 18.0 Å². The van der Waals surface area contributed by atoms with Crippen molar-refractivity contribution >= 4 is 0 Å². The van der Waals surface area contributed by atoms with E-state index in [1.54, 1.807) is 6.07 Å². The fraction of sp³-hybridized carbons (Fsp3) is 0.421. The summed E-state index contributed by atoms with van der Waals surface area (Å²) >= 11 is 0. The molecule has 2 rings (SSSR count). The molecule has 0 spiro atoms. The Bertz CT molecular complexity index is 617. The van der Waals surface area contributed by atoms with Gasteiger partial charge in [-0.25, -0.2) is 4.39 Å². The summed E-state index contributed by atoms with van der Waals surface area (Å²) in [7, 11) is 0. The van der Waals surface area contributed by atoms with Crippen LogP contribution in [0.25, 0.3) is 0 Å². The molecule has 0 aliphatic heterocycles. The number of rotatable bonds is 5. The van der Waals surface area contributed by atoms with E-state index < -0.39 is 6.10 Å². The van der Waals surface area contributed by atoms with Gasteiger partial charge < -0.3 is 10.4 Å². The van der Waals surface area contributed by atoms with E-state index in [4.69, 9.17) is 0 Å². The lowest BCUT2D eigenvalue weighted by atomic mass is 9.86. The third-order valence-electron chi connectivity index (χ3n) is 3.97. The van der Waals surface area contributed by atoms with Crippen molar-refractivity contribution in [2.24, 2.45) is 0 Å². The van der Waals surface area contributed by atoms with E-state index in [1.165, 1.54) is 17.8 Å². The molecule has 3 nitrogen and oxygen atoms in total. The fourth-order valence-corrected chi connectivity index (χ4v) is 2.36. The normalized spacial score (nSPS) is 14.5. The zero-order valence-corrected chi connectivity index (χ0v) is 14.2. The summed E-state index contributed by atoms with van der Waals surface area (Å²) in [6.45, 7) is 8.84. The molecule has 124 valence electrons. The highest BCUT2D eigenvalue weighted by atomic mass is 19.1. The molecular formula is C19H25FN2O. The molecule has 0 saturated heterocycles. The van der Waals surface area contributed by atoms with Gasteiger partial charge in [0.25, 0.3) is 0 Å². The number of nitrogens with zero attached hydrogens (tertiary/aromatic N) is 1. The quantitative estimate of drug-likeness (QED) is 0.879. The van der Waals surface area contributed by atoms with E-state index in [-0.39, 0.29) is 17.3 Å². The molecule has 1 aromatic carbocycles. The highest BCUT2D eigenvalue weighted by Crippen LogP contribution is 2.24. The molecule has 0 bridgehead atoms. The highest BCUT2D eigenvalue weighted by Gasteiger charge is 2.15. The molecule has 0 saturated carbocycles. The van der Waals surface area contributed by atoms with Gasteiger partial charge in [0.2, 0.25) is 0 Å². The van der Waals surface area contributed by atoms with Gasteiger partial charge in [-0.1, -0.05) is 45.0 Å². The van der Waals surface area contributed by atoms with Gasteiger partial charge in [-0.2, -0.15) is 0 Å². The second-order valence-corrected chi connectivity index (χ2v) is 6.92. The molecule has 2 aromatic rings. The maximum Gasteiger partial charge on any atom is 0.141 e. The maximum atomic E-state index is 12.9. The van der Waals surface area contributed by atoms with Gasteiger partial charge in [-0.05, 0) is 35.6 Å². The summed E-state index contributed by atoms with van der Waals surface area (Å²) in [6, 6.07) is 11.0. The smallest absolute Gasteiger partial charge is 0.141 e. The average molecular weight is 316 g/mol. The maximum absolute atomic E-state index is 12.9. The fourth-order valence-electron chi connectivity index (χ4n) is 2.36. The van der Waals surface area contributed by atoms with Crippen LogP contribution in [0.15, 0.2) is 42.6 Å². The van der Waals surface area contributed by atoms with Crippen molar-refractivity contribution in [3.8, 4) is 0 Å². The molecule has 0 fully saturated rings. The van der Waals surface area contributed by atoms with Gasteiger partial charge >= 0.3 is 0 Å². The molecule has 2 N–H and O–H groups in total. The molecule has 0 aliphatic rings. The SMILES string of the molecule is CC(NCC(O)c1ccc(C(C)(C)C)cc1)c1ccc(F)cn1. The predicted molar refractivity (Wildman–Crippen MR) is 90.7 cm³/mol. The van der Waals surface area contributed by atoms with Crippen LogP contribution in [0.4, 0.5) is 4.39 Å². The van der Waals surface area contributed by atoms with Crippen molar-refractivity contribution in [1.82, 2.24) is 10.3 Å². The molecule has 0 radical (unpaired) electrons. The summed E-state index contributed by atoms with van der Waals surface area (Å²) < 4.78 is 12.9. The lowest BCUT2D eigenvalue weighted by Gasteiger charge is -2.21. The molecular weight excluding hydrogens is 291 g/mol. The van der Waals surface area contributed by atoms with Crippen molar-refractivity contribution in [3.63, 3.8) is 0 Å². The number of halogens is 1. The van der Waals surface area contributed by atoms with Crippen molar-refractivity contribution in [2.45, 2.75) is 45.3 Å². The minimum absolute atomic E-state index is 0.0564. The van der Waals surface area contributed by atoms with Crippen LogP contribution in [-0.2, 0) is 5.41 Å². The van der Waals surface area contributed by atoms with Crippen LogP contribution < -0.4 is 5.32 Å². The standard InChI is InChI=1S/C19H25FN2O/c1-13(17-10-9-16(20)11-22-17)21-12-18(23)14-5-7-15(8-6-14)19(2,3)4/h5-11,13,18,21,23H,12H2,1-4H3. The lowest BCUT2D eigenvalue weighted by Crippen LogP contribution is -2.25. The van der Waals surface area contributed by atoms with Crippen LogP contribution in [0.1, 0.15) is 56.7 Å². The third-order valence-corrected chi connectivity index (χ3v) is 3.97. The van der Waals surface area contributed by atoms with Crippen molar-refractivity contribution in [2.75, 3.05) is 6.54 Å². The van der Waals surface area contributed by atoms with E-state index >= 15 is 0 Å². The van der Waals surface area contributed by atoms with Crippen LogP contribution in [0, 0.1) is 5.82 Å². The predicted octanol–water partition coefficient (Wildman–Crippen LogP) is 3.90. The number of hydrogen-bond acceptors (Lipinski definition) is 3. The minimum Gasteiger partial charge on any atom is -0.387 e. The summed E-state index contributed by atoms with van der Waals surface area (Å²) in [4.78, 5) is 4.05. The number of aliphatic hydroxyl groups is 1. The third kappa shape index (κ3) is 4.85. The number of nitrogens with one attached hydrogen (secondary N) is 1. The monoisotopic (exact) mass is 316 g/mol. The van der Waals surface area contributed by atoms with Crippen LogP contribution in [0.2, 0.25) is 0 Å². The summed E-state index contributed by atoms with van der Waals surface area (Å²) in [5.41, 5.74) is 2.97. The van der Waals surface area contributed by atoms with Crippen LogP contribution in [0.3, 0.4) is 0 Å². The van der Waals surface area contributed by atoms with Crippen molar-refractivity contribution < 1.29 is 9.50 Å². The molecule has 2 atom stereocenters. The topological polar surface area (TPSA) is 45.1 Å². The lowest BCUT2D eigenvalue weighted by molar-refractivity contribution is 0.170. The van der Waals surface area contributed by atoms with Crippen LogP contribution in [0.5, 0.6) is 0 Å². The first-order chi connectivity index (χ1) is 10.8. The largest absolute Gasteiger partial charge is 0.387 e. The Labute approximate surface area is 137 Å². The number of aromatic nitrogens is 1. The average Bonchev–Trinajstić information content (AvgIpc) is 2.52. The van der Waals surface area contributed by atoms with E-state index in [1.807, 2.05) is 19.1 Å². The van der Waals surface area contributed by atoms with Crippen molar-refractivity contribution in [1.29, 1.82) is 0 Å². The molecule has 4 heteroatoms. The van der Waals surface area contributed by atoms with E-state index in [2.05, 4.69) is 43.2 Å². The summed E-state index contributed by atoms with van der Waals surface area (Å²) in [6.07, 6.45) is 0.613. The summed E-state index contributed by atoms with van der Waals surface area (Å²) in [5, 5.41) is 13.5. The van der Waals surface area contributed by atoms with Gasteiger partial charge in [-0.3, -0.25) is 4.98 Å². The zero-order valence-electron chi connectivity index (χ0n) is 14.2. The molecule has 23 heavy (non-hydrogen) atoms. The Hall–Kier alpha value is -1.78. The Morgan fingerprint density at radius 3 is 2.30 bits per heavy atom. The number of hydrogen-bond donors (Lipinski definition) is 2. The second kappa shape index (κ2) is 7.20. The Morgan fingerprint density at radius 1 is 1.13 bits per heavy atom. The Kier molecular flexibility index (Phi) is 5.50. The van der Waals surface area contributed by atoms with E-state index in [0.29, 0.717) is 6.54 Å². The first-order valence-electron chi connectivity index (χ1n) is 7.90. The molecule has 0 aliphatic carbocycles. The van der Waals surface area contributed by atoms with E-state index in [0.717, 1.165) is 11.3 Å². The van der Waals surface area contributed by atoms with Gasteiger partial charge in [0.1, 0.15) is 5.82 Å². The minimum atomic E-state index is -0.591. The Morgan fingerprint density at radius 2 is 1.78 bits per heavy atom. The Balaban J connectivity index is 1.94. The molecule has 1 heterocycles. The van der Waals surface area contributed by atoms with Crippen LogP contribution >= 0.6 is 0 Å². The van der Waals surface area contributed by atoms with E-state index in [9.17, 15) is 9.50 Å². The van der Waals surface area contributed by atoms with Gasteiger partial charge in [0, 0.05) is 12.6 Å². The van der Waals surface area contributed by atoms with Gasteiger partial charge in [-0.15, -0.1) is 0 Å². The first kappa shape index (κ1) is 17.6. The van der Waals surface area contributed by atoms with Crippen LogP contribution in [-0.4, -0.2) is 16.6 Å².